The van der Waals surface area contributed by atoms with Gasteiger partial charge in [-0.1, -0.05) is 13.8 Å². The number of hydrogen-bond donors (Lipinski definition) is 1. The van der Waals surface area contributed by atoms with Gasteiger partial charge in [0, 0.05) is 37.3 Å². The molecule has 0 aliphatic carbocycles. The highest BCUT2D eigenvalue weighted by Crippen LogP contribution is 2.20. The van der Waals surface area contributed by atoms with E-state index < -0.39 is 0 Å². The van der Waals surface area contributed by atoms with E-state index in [0.717, 1.165) is 31.5 Å². The van der Waals surface area contributed by atoms with Crippen LogP contribution in [0.3, 0.4) is 0 Å². The highest BCUT2D eigenvalue weighted by Gasteiger charge is 2.25. The Morgan fingerprint density at radius 3 is 3.00 bits per heavy atom. The van der Waals surface area contributed by atoms with Crippen LogP contribution in [0.4, 0.5) is 0 Å². The van der Waals surface area contributed by atoms with Crippen LogP contribution in [0, 0.1) is 5.92 Å². The SMILES string of the molecule is CCOC(=O)c1nn(CCC(C)C)c2c1CNCC2. The fraction of sp³-hybridized carbons (Fsp3) is 0.714. The molecule has 0 aromatic carbocycles. The quantitative estimate of drug-likeness (QED) is 0.824. The van der Waals surface area contributed by atoms with E-state index in [4.69, 9.17) is 4.74 Å². The number of carbonyl (C=O) groups excluding carboxylic acids is 1. The molecule has 0 saturated carbocycles. The molecule has 0 atom stereocenters. The Labute approximate surface area is 114 Å². The van der Waals surface area contributed by atoms with Crippen molar-refractivity contribution >= 4 is 5.97 Å². The van der Waals surface area contributed by atoms with E-state index in [0.29, 0.717) is 24.8 Å². The summed E-state index contributed by atoms with van der Waals surface area (Å²) in [7, 11) is 0. The first kappa shape index (κ1) is 14.1. The lowest BCUT2D eigenvalue weighted by Crippen LogP contribution is -2.26. The molecule has 5 heteroatoms. The van der Waals surface area contributed by atoms with Crippen molar-refractivity contribution < 1.29 is 9.53 Å². The molecule has 1 aliphatic heterocycles. The van der Waals surface area contributed by atoms with Crippen molar-refractivity contribution in [2.75, 3.05) is 13.2 Å². The first-order valence-corrected chi connectivity index (χ1v) is 7.09. The van der Waals surface area contributed by atoms with Gasteiger partial charge in [0.15, 0.2) is 5.69 Å². The van der Waals surface area contributed by atoms with Gasteiger partial charge in [0.05, 0.1) is 6.61 Å². The molecule has 0 radical (unpaired) electrons. The average Bonchev–Trinajstić information content (AvgIpc) is 2.76. The molecule has 5 nitrogen and oxygen atoms in total. The highest BCUT2D eigenvalue weighted by atomic mass is 16.5. The van der Waals surface area contributed by atoms with Crippen LogP contribution < -0.4 is 5.32 Å². The molecule has 0 bridgehead atoms. The summed E-state index contributed by atoms with van der Waals surface area (Å²) in [5.74, 6) is 0.332. The standard InChI is InChI=1S/C14H23N3O2/c1-4-19-14(18)13-11-9-15-7-5-12(11)17(16-13)8-6-10(2)3/h10,15H,4-9H2,1-3H3. The topological polar surface area (TPSA) is 56.1 Å². The first-order valence-electron chi connectivity index (χ1n) is 7.09. The van der Waals surface area contributed by atoms with E-state index >= 15 is 0 Å². The zero-order valence-electron chi connectivity index (χ0n) is 12.0. The van der Waals surface area contributed by atoms with Crippen LogP contribution in [0.25, 0.3) is 0 Å². The zero-order chi connectivity index (χ0) is 13.8. The smallest absolute Gasteiger partial charge is 0.359 e. The third-order valence-electron chi connectivity index (χ3n) is 3.39. The molecular weight excluding hydrogens is 242 g/mol. The van der Waals surface area contributed by atoms with Crippen molar-refractivity contribution in [3.8, 4) is 0 Å². The number of rotatable bonds is 5. The van der Waals surface area contributed by atoms with Crippen LogP contribution >= 0.6 is 0 Å². The minimum Gasteiger partial charge on any atom is -0.461 e. The molecule has 1 aliphatic rings. The summed E-state index contributed by atoms with van der Waals surface area (Å²) < 4.78 is 7.09. The van der Waals surface area contributed by atoms with E-state index in [9.17, 15) is 4.79 Å². The minimum atomic E-state index is -0.300. The summed E-state index contributed by atoms with van der Waals surface area (Å²) in [6, 6.07) is 0. The Bertz CT molecular complexity index is 452. The second-order valence-corrected chi connectivity index (χ2v) is 5.33. The van der Waals surface area contributed by atoms with Gasteiger partial charge in [-0.25, -0.2) is 4.79 Å². The Morgan fingerprint density at radius 2 is 2.32 bits per heavy atom. The van der Waals surface area contributed by atoms with Crippen LogP contribution in [0.15, 0.2) is 0 Å². The maximum absolute atomic E-state index is 11.9. The molecule has 1 aromatic heterocycles. The molecule has 0 fully saturated rings. The molecule has 106 valence electrons. The lowest BCUT2D eigenvalue weighted by molar-refractivity contribution is 0.0517. The minimum absolute atomic E-state index is 0.300. The number of ether oxygens (including phenoxy) is 1. The lowest BCUT2D eigenvalue weighted by Gasteiger charge is -2.16. The van der Waals surface area contributed by atoms with Gasteiger partial charge in [0.2, 0.25) is 0 Å². The zero-order valence-corrected chi connectivity index (χ0v) is 12.0. The first-order chi connectivity index (χ1) is 9.13. The van der Waals surface area contributed by atoms with E-state index in [1.54, 1.807) is 0 Å². The average molecular weight is 265 g/mol. The predicted octanol–water partition coefficient (Wildman–Crippen LogP) is 1.75. The van der Waals surface area contributed by atoms with Crippen molar-refractivity contribution in [2.45, 2.75) is 46.7 Å². The predicted molar refractivity (Wildman–Crippen MR) is 73.0 cm³/mol. The third kappa shape index (κ3) is 3.15. The lowest BCUT2D eigenvalue weighted by atomic mass is 10.1. The van der Waals surface area contributed by atoms with Crippen LogP contribution in [-0.4, -0.2) is 28.9 Å². The summed E-state index contributed by atoms with van der Waals surface area (Å²) in [5.41, 5.74) is 2.71. The second-order valence-electron chi connectivity index (χ2n) is 5.33. The third-order valence-corrected chi connectivity index (χ3v) is 3.39. The Hall–Kier alpha value is -1.36. The summed E-state index contributed by atoms with van der Waals surface area (Å²) in [4.78, 5) is 11.9. The van der Waals surface area contributed by atoms with Gasteiger partial charge in [-0.15, -0.1) is 0 Å². The van der Waals surface area contributed by atoms with Crippen molar-refractivity contribution in [1.82, 2.24) is 15.1 Å². The van der Waals surface area contributed by atoms with Crippen molar-refractivity contribution in [1.29, 1.82) is 0 Å². The summed E-state index contributed by atoms with van der Waals surface area (Å²) in [5, 5.41) is 7.78. The summed E-state index contributed by atoms with van der Waals surface area (Å²) in [6.07, 6.45) is 2.00. The van der Waals surface area contributed by atoms with E-state index in [1.807, 2.05) is 11.6 Å². The number of carbonyl (C=O) groups is 1. The van der Waals surface area contributed by atoms with Crippen molar-refractivity contribution in [2.24, 2.45) is 5.92 Å². The van der Waals surface area contributed by atoms with Crippen LogP contribution in [-0.2, 0) is 24.2 Å². The van der Waals surface area contributed by atoms with Gasteiger partial charge in [0.1, 0.15) is 0 Å². The maximum Gasteiger partial charge on any atom is 0.359 e. The summed E-state index contributed by atoms with van der Waals surface area (Å²) >= 11 is 0. The van der Waals surface area contributed by atoms with Gasteiger partial charge < -0.3 is 10.1 Å². The van der Waals surface area contributed by atoms with Crippen LogP contribution in [0.1, 0.15) is 48.9 Å². The van der Waals surface area contributed by atoms with Crippen LogP contribution in [0.2, 0.25) is 0 Å². The fourth-order valence-corrected chi connectivity index (χ4v) is 2.35. The highest BCUT2D eigenvalue weighted by molar-refractivity contribution is 5.89. The largest absolute Gasteiger partial charge is 0.461 e. The number of hydrogen-bond acceptors (Lipinski definition) is 4. The molecule has 0 saturated heterocycles. The van der Waals surface area contributed by atoms with Gasteiger partial charge in [-0.05, 0) is 19.3 Å². The molecule has 0 amide bonds. The van der Waals surface area contributed by atoms with Crippen LogP contribution in [0.5, 0.6) is 0 Å². The second kappa shape index (κ2) is 6.19. The number of esters is 1. The van der Waals surface area contributed by atoms with E-state index in [-0.39, 0.29) is 5.97 Å². The maximum atomic E-state index is 11.9. The molecule has 0 unspecified atom stereocenters. The molecule has 1 N–H and O–H groups in total. The summed E-state index contributed by atoms with van der Waals surface area (Å²) in [6.45, 7) is 9.14. The molecule has 1 aromatic rings. The number of nitrogens with one attached hydrogen (secondary N) is 1. The fourth-order valence-electron chi connectivity index (χ4n) is 2.35. The van der Waals surface area contributed by atoms with Crippen molar-refractivity contribution in [3.05, 3.63) is 17.0 Å². The molecule has 2 rings (SSSR count). The van der Waals surface area contributed by atoms with Gasteiger partial charge in [-0.3, -0.25) is 4.68 Å². The number of aromatic nitrogens is 2. The van der Waals surface area contributed by atoms with Gasteiger partial charge in [0.25, 0.3) is 0 Å². The van der Waals surface area contributed by atoms with E-state index in [2.05, 4.69) is 24.3 Å². The Kier molecular flexibility index (Phi) is 4.58. The van der Waals surface area contributed by atoms with E-state index in [1.165, 1.54) is 5.69 Å². The normalized spacial score (nSPS) is 14.5. The molecule has 0 spiro atoms. The molecular formula is C14H23N3O2. The Morgan fingerprint density at radius 1 is 1.53 bits per heavy atom. The molecule has 2 heterocycles. The number of fused-ring (bicyclic) bond motifs is 1. The number of nitrogens with zero attached hydrogens (tertiary/aromatic N) is 2. The molecule has 19 heavy (non-hydrogen) atoms. The number of aryl methyl sites for hydroxylation is 1. The van der Waals surface area contributed by atoms with Gasteiger partial charge in [-0.2, -0.15) is 5.10 Å². The Balaban J connectivity index is 2.26. The van der Waals surface area contributed by atoms with Crippen molar-refractivity contribution in [3.63, 3.8) is 0 Å². The van der Waals surface area contributed by atoms with Gasteiger partial charge >= 0.3 is 5.97 Å². The monoisotopic (exact) mass is 265 g/mol.